The van der Waals surface area contributed by atoms with E-state index in [4.69, 9.17) is 0 Å². The molecule has 0 unspecified atom stereocenters. The largest absolute Gasteiger partial charge is 0.212 e. The van der Waals surface area contributed by atoms with Crippen LogP contribution in [-0.2, 0) is 0 Å². The van der Waals surface area contributed by atoms with E-state index < -0.39 is 0 Å². The Hall–Kier alpha value is -0.900. The van der Waals surface area contributed by atoms with Gasteiger partial charge in [0.15, 0.2) is 11.5 Å². The summed E-state index contributed by atoms with van der Waals surface area (Å²) in [4.78, 5) is 4.46. The zero-order valence-electron chi connectivity index (χ0n) is 8.45. The summed E-state index contributed by atoms with van der Waals surface area (Å²) in [5.41, 5.74) is 2.09. The molecule has 0 aliphatic carbocycles. The van der Waals surface area contributed by atoms with Crippen molar-refractivity contribution in [3.8, 4) is 0 Å². The maximum atomic E-state index is 4.46. The molecule has 0 radical (unpaired) electrons. The van der Waals surface area contributed by atoms with Crippen molar-refractivity contribution in [1.29, 1.82) is 0 Å². The smallest absolute Gasteiger partial charge is 0.157 e. The highest BCUT2D eigenvalue weighted by Crippen LogP contribution is 2.17. The van der Waals surface area contributed by atoms with Crippen LogP contribution in [0.1, 0.15) is 31.2 Å². The lowest BCUT2D eigenvalue weighted by Crippen LogP contribution is -1.93. The first-order valence-electron chi connectivity index (χ1n) is 4.61. The minimum atomic E-state index is 0.363. The molecule has 0 atom stereocenters. The van der Waals surface area contributed by atoms with E-state index in [1.165, 1.54) is 5.56 Å². The van der Waals surface area contributed by atoms with Crippen molar-refractivity contribution in [1.82, 2.24) is 14.6 Å². The van der Waals surface area contributed by atoms with Crippen LogP contribution >= 0.6 is 15.9 Å². The Morgan fingerprint density at radius 2 is 2.07 bits per heavy atom. The van der Waals surface area contributed by atoms with Crippen molar-refractivity contribution < 1.29 is 0 Å². The molecule has 4 heteroatoms. The van der Waals surface area contributed by atoms with Crippen molar-refractivity contribution >= 4 is 21.6 Å². The number of halogens is 1. The fourth-order valence-corrected chi connectivity index (χ4v) is 1.95. The summed E-state index contributed by atoms with van der Waals surface area (Å²) in [5.74, 6) is 1.25. The lowest BCUT2D eigenvalue weighted by molar-refractivity contribution is 0.761. The SMILES string of the molecule is Cc1cc(Br)n2nc(C(C)C)nc2c1. The van der Waals surface area contributed by atoms with Gasteiger partial charge in [0, 0.05) is 5.92 Å². The first-order valence-corrected chi connectivity index (χ1v) is 5.40. The molecule has 0 saturated carbocycles. The van der Waals surface area contributed by atoms with Crippen LogP contribution in [0.5, 0.6) is 0 Å². The molecule has 0 amide bonds. The molecule has 0 fully saturated rings. The average molecular weight is 254 g/mol. The molecule has 0 aliphatic heterocycles. The minimum Gasteiger partial charge on any atom is -0.212 e. The molecule has 2 rings (SSSR count). The van der Waals surface area contributed by atoms with Crippen LogP contribution in [0.4, 0.5) is 0 Å². The molecule has 0 N–H and O–H groups in total. The van der Waals surface area contributed by atoms with Crippen molar-refractivity contribution in [2.24, 2.45) is 0 Å². The Bertz CT molecular complexity index is 473. The van der Waals surface area contributed by atoms with Crippen LogP contribution in [0.15, 0.2) is 16.7 Å². The van der Waals surface area contributed by atoms with Gasteiger partial charge in [-0.3, -0.25) is 0 Å². The van der Waals surface area contributed by atoms with E-state index in [-0.39, 0.29) is 0 Å². The predicted molar refractivity (Wildman–Crippen MR) is 59.5 cm³/mol. The normalized spacial score (nSPS) is 11.5. The summed E-state index contributed by atoms with van der Waals surface area (Å²) in [6, 6.07) is 4.06. The van der Waals surface area contributed by atoms with Gasteiger partial charge >= 0.3 is 0 Å². The van der Waals surface area contributed by atoms with Crippen LogP contribution in [0.25, 0.3) is 5.65 Å². The fraction of sp³-hybridized carbons (Fsp3) is 0.400. The molecule has 2 aromatic heterocycles. The number of aryl methyl sites for hydroxylation is 1. The first kappa shape index (κ1) is 9.65. The number of nitrogens with zero attached hydrogens (tertiary/aromatic N) is 3. The molecular weight excluding hydrogens is 242 g/mol. The Kier molecular flexibility index (Phi) is 2.31. The van der Waals surface area contributed by atoms with Crippen LogP contribution in [0, 0.1) is 6.92 Å². The van der Waals surface area contributed by atoms with Gasteiger partial charge in [-0.15, -0.1) is 5.10 Å². The van der Waals surface area contributed by atoms with Gasteiger partial charge in [-0.05, 0) is 40.5 Å². The van der Waals surface area contributed by atoms with E-state index in [0.29, 0.717) is 5.92 Å². The molecule has 3 nitrogen and oxygen atoms in total. The van der Waals surface area contributed by atoms with Gasteiger partial charge in [0.2, 0.25) is 0 Å². The van der Waals surface area contributed by atoms with Crippen molar-refractivity contribution in [2.75, 3.05) is 0 Å². The summed E-state index contributed by atoms with van der Waals surface area (Å²) < 4.78 is 2.77. The van der Waals surface area contributed by atoms with E-state index in [9.17, 15) is 0 Å². The molecule has 0 spiro atoms. The zero-order chi connectivity index (χ0) is 10.3. The van der Waals surface area contributed by atoms with Gasteiger partial charge in [-0.25, -0.2) is 9.50 Å². The van der Waals surface area contributed by atoms with Gasteiger partial charge in [0.05, 0.1) is 0 Å². The number of hydrogen-bond donors (Lipinski definition) is 0. The monoisotopic (exact) mass is 253 g/mol. The summed E-state index contributed by atoms with van der Waals surface area (Å²) in [7, 11) is 0. The van der Waals surface area contributed by atoms with Gasteiger partial charge < -0.3 is 0 Å². The van der Waals surface area contributed by atoms with Gasteiger partial charge in [-0.2, -0.15) is 0 Å². The van der Waals surface area contributed by atoms with Crippen LogP contribution < -0.4 is 0 Å². The summed E-state index contributed by atoms with van der Waals surface area (Å²) in [5, 5.41) is 4.41. The lowest BCUT2D eigenvalue weighted by atomic mass is 10.2. The summed E-state index contributed by atoms with van der Waals surface area (Å²) in [6.07, 6.45) is 0. The van der Waals surface area contributed by atoms with Crippen molar-refractivity contribution in [3.63, 3.8) is 0 Å². The molecule has 0 bridgehead atoms. The van der Waals surface area contributed by atoms with Crippen molar-refractivity contribution in [3.05, 3.63) is 28.1 Å². The molecule has 2 aromatic rings. The first-order chi connectivity index (χ1) is 6.58. The summed E-state index contributed by atoms with van der Waals surface area (Å²) in [6.45, 7) is 6.24. The Morgan fingerprint density at radius 3 is 2.71 bits per heavy atom. The number of rotatable bonds is 1. The number of hydrogen-bond acceptors (Lipinski definition) is 2. The third-order valence-electron chi connectivity index (χ3n) is 2.07. The molecule has 74 valence electrons. The molecule has 2 heterocycles. The van der Waals surface area contributed by atoms with Crippen LogP contribution in [0.2, 0.25) is 0 Å². The Labute approximate surface area is 91.3 Å². The Morgan fingerprint density at radius 1 is 1.36 bits per heavy atom. The van der Waals surface area contributed by atoms with E-state index in [2.05, 4.69) is 46.8 Å². The molecular formula is C10H12BrN3. The van der Waals surface area contributed by atoms with Crippen molar-refractivity contribution in [2.45, 2.75) is 26.7 Å². The van der Waals surface area contributed by atoms with Gasteiger partial charge in [0.25, 0.3) is 0 Å². The second-order valence-electron chi connectivity index (χ2n) is 3.75. The van der Waals surface area contributed by atoms with E-state index >= 15 is 0 Å². The summed E-state index contributed by atoms with van der Waals surface area (Å²) >= 11 is 3.47. The average Bonchev–Trinajstić information content (AvgIpc) is 2.47. The van der Waals surface area contributed by atoms with E-state index in [1.807, 2.05) is 16.6 Å². The Balaban J connectivity index is 2.70. The number of pyridine rings is 1. The van der Waals surface area contributed by atoms with Gasteiger partial charge in [-0.1, -0.05) is 13.8 Å². The highest BCUT2D eigenvalue weighted by atomic mass is 79.9. The highest BCUT2D eigenvalue weighted by molar-refractivity contribution is 9.10. The lowest BCUT2D eigenvalue weighted by Gasteiger charge is -1.97. The minimum absolute atomic E-state index is 0.363. The second kappa shape index (κ2) is 3.35. The highest BCUT2D eigenvalue weighted by Gasteiger charge is 2.09. The topological polar surface area (TPSA) is 30.2 Å². The predicted octanol–water partition coefficient (Wildman–Crippen LogP) is 2.92. The van der Waals surface area contributed by atoms with E-state index in [1.54, 1.807) is 0 Å². The van der Waals surface area contributed by atoms with E-state index in [0.717, 1.165) is 16.1 Å². The van der Waals surface area contributed by atoms with Crippen LogP contribution in [-0.4, -0.2) is 14.6 Å². The standard InChI is InChI=1S/C10H12BrN3/c1-6(2)10-12-9-5-7(3)4-8(11)14(9)13-10/h4-6H,1-3H3. The molecule has 0 saturated heterocycles. The van der Waals surface area contributed by atoms with Gasteiger partial charge in [0.1, 0.15) is 4.60 Å². The second-order valence-corrected chi connectivity index (χ2v) is 4.56. The molecule has 14 heavy (non-hydrogen) atoms. The number of aromatic nitrogens is 3. The number of fused-ring (bicyclic) bond motifs is 1. The fourth-order valence-electron chi connectivity index (χ4n) is 1.33. The zero-order valence-corrected chi connectivity index (χ0v) is 10.0. The van der Waals surface area contributed by atoms with Crippen LogP contribution in [0.3, 0.4) is 0 Å². The third-order valence-corrected chi connectivity index (χ3v) is 2.64. The third kappa shape index (κ3) is 1.54. The molecule has 0 aliphatic rings. The maximum Gasteiger partial charge on any atom is 0.157 e. The molecule has 0 aromatic carbocycles. The quantitative estimate of drug-likeness (QED) is 0.732. The maximum absolute atomic E-state index is 4.46.